The van der Waals surface area contributed by atoms with Gasteiger partial charge < -0.3 is 10.2 Å². The minimum atomic E-state index is 0.143. The molecule has 0 saturated carbocycles. The second-order valence-electron chi connectivity index (χ2n) is 6.46. The molecule has 17 heavy (non-hydrogen) atoms. The summed E-state index contributed by atoms with van der Waals surface area (Å²) in [7, 11) is 0. The van der Waals surface area contributed by atoms with Crippen molar-refractivity contribution in [1.82, 2.24) is 10.3 Å². The average molecular weight is 231 g/mol. The number of pyridine rings is 1. The summed E-state index contributed by atoms with van der Waals surface area (Å²) in [5.41, 5.74) is 3.02. The lowest BCUT2D eigenvalue weighted by Crippen LogP contribution is -2.75. The Morgan fingerprint density at radius 3 is 2.41 bits per heavy atom. The van der Waals surface area contributed by atoms with Crippen molar-refractivity contribution in [3.05, 3.63) is 24.0 Å². The van der Waals surface area contributed by atoms with Crippen molar-refractivity contribution >= 4 is 5.69 Å². The fourth-order valence-electron chi connectivity index (χ4n) is 2.63. The summed E-state index contributed by atoms with van der Waals surface area (Å²) in [6.07, 6.45) is 3.35. The van der Waals surface area contributed by atoms with Gasteiger partial charge in [-0.3, -0.25) is 4.98 Å². The molecule has 0 unspecified atom stereocenters. The lowest BCUT2D eigenvalue weighted by molar-refractivity contribution is 0.159. The Bertz CT molecular complexity index is 404. The first kappa shape index (κ1) is 11.0. The number of rotatable bonds is 1. The van der Waals surface area contributed by atoms with Crippen LogP contribution in [0, 0.1) is 0 Å². The standard InChI is InChI=1S/C14H21N3/c1-13(2,3)12-5-4-11(8-15-12)17-9-14(10-17)6-7-16-14/h4-5,8,16H,6-7,9-10H2,1-3H3. The fraction of sp³-hybridized carbons (Fsp3) is 0.643. The molecule has 2 fully saturated rings. The summed E-state index contributed by atoms with van der Waals surface area (Å²) in [5.74, 6) is 0. The van der Waals surface area contributed by atoms with E-state index in [2.05, 4.69) is 48.1 Å². The van der Waals surface area contributed by atoms with Crippen molar-refractivity contribution in [1.29, 1.82) is 0 Å². The monoisotopic (exact) mass is 231 g/mol. The van der Waals surface area contributed by atoms with Crippen LogP contribution in [-0.2, 0) is 5.41 Å². The highest BCUT2D eigenvalue weighted by atomic mass is 15.3. The molecule has 0 atom stereocenters. The lowest BCUT2D eigenvalue weighted by atomic mass is 9.80. The van der Waals surface area contributed by atoms with Crippen LogP contribution in [0.4, 0.5) is 5.69 Å². The van der Waals surface area contributed by atoms with E-state index < -0.39 is 0 Å². The van der Waals surface area contributed by atoms with Crippen LogP contribution in [0.3, 0.4) is 0 Å². The SMILES string of the molecule is CC(C)(C)c1ccc(N2CC3(CCN3)C2)cn1. The first-order chi connectivity index (χ1) is 7.99. The van der Waals surface area contributed by atoms with Gasteiger partial charge in [0.25, 0.3) is 0 Å². The normalized spacial score (nSPS) is 22.2. The van der Waals surface area contributed by atoms with E-state index in [4.69, 9.17) is 0 Å². The highest BCUT2D eigenvalue weighted by molar-refractivity contribution is 5.50. The van der Waals surface area contributed by atoms with Crippen LogP contribution < -0.4 is 10.2 Å². The Hall–Kier alpha value is -1.09. The van der Waals surface area contributed by atoms with Gasteiger partial charge in [0.2, 0.25) is 0 Å². The fourth-order valence-corrected chi connectivity index (χ4v) is 2.63. The van der Waals surface area contributed by atoms with Gasteiger partial charge in [-0.15, -0.1) is 0 Å². The molecule has 0 radical (unpaired) electrons. The average Bonchev–Trinajstić information content (AvgIpc) is 2.12. The molecule has 2 aliphatic heterocycles. The molecule has 3 nitrogen and oxygen atoms in total. The van der Waals surface area contributed by atoms with Crippen LogP contribution in [0.1, 0.15) is 32.9 Å². The van der Waals surface area contributed by atoms with Crippen LogP contribution in [0.5, 0.6) is 0 Å². The van der Waals surface area contributed by atoms with Crippen molar-refractivity contribution in [2.75, 3.05) is 24.5 Å². The maximum absolute atomic E-state index is 4.58. The summed E-state index contributed by atoms with van der Waals surface area (Å²) in [6.45, 7) is 10.1. The number of hydrogen-bond acceptors (Lipinski definition) is 3. The molecular formula is C14H21N3. The summed E-state index contributed by atoms with van der Waals surface area (Å²) in [4.78, 5) is 6.99. The van der Waals surface area contributed by atoms with Gasteiger partial charge in [-0.05, 0) is 25.1 Å². The van der Waals surface area contributed by atoms with Crippen LogP contribution in [-0.4, -0.2) is 30.2 Å². The number of nitrogens with zero attached hydrogens (tertiary/aromatic N) is 2. The Morgan fingerprint density at radius 2 is 2.00 bits per heavy atom. The van der Waals surface area contributed by atoms with E-state index in [1.165, 1.54) is 24.3 Å². The molecule has 0 aromatic carbocycles. The van der Waals surface area contributed by atoms with Gasteiger partial charge in [0.15, 0.2) is 0 Å². The maximum Gasteiger partial charge on any atom is 0.0554 e. The zero-order chi connectivity index (χ0) is 12.1. The molecule has 1 aromatic heterocycles. The molecule has 3 rings (SSSR count). The van der Waals surface area contributed by atoms with Gasteiger partial charge in [0.1, 0.15) is 0 Å². The van der Waals surface area contributed by atoms with E-state index >= 15 is 0 Å². The minimum absolute atomic E-state index is 0.143. The van der Waals surface area contributed by atoms with E-state index in [1.807, 2.05) is 6.20 Å². The third kappa shape index (κ3) is 1.82. The molecule has 1 aromatic rings. The van der Waals surface area contributed by atoms with Crippen molar-refractivity contribution in [3.63, 3.8) is 0 Å². The smallest absolute Gasteiger partial charge is 0.0554 e. The lowest BCUT2D eigenvalue weighted by Gasteiger charge is -2.57. The Morgan fingerprint density at radius 1 is 1.29 bits per heavy atom. The second kappa shape index (κ2) is 3.45. The van der Waals surface area contributed by atoms with Crippen LogP contribution in [0.15, 0.2) is 18.3 Å². The predicted octanol–water partition coefficient (Wildman–Crippen LogP) is 1.93. The van der Waals surface area contributed by atoms with Gasteiger partial charge in [0.05, 0.1) is 17.4 Å². The van der Waals surface area contributed by atoms with Gasteiger partial charge in [-0.25, -0.2) is 0 Å². The van der Waals surface area contributed by atoms with Crippen molar-refractivity contribution in [2.24, 2.45) is 0 Å². The van der Waals surface area contributed by atoms with E-state index in [9.17, 15) is 0 Å². The second-order valence-corrected chi connectivity index (χ2v) is 6.46. The van der Waals surface area contributed by atoms with Crippen LogP contribution >= 0.6 is 0 Å². The van der Waals surface area contributed by atoms with Crippen molar-refractivity contribution < 1.29 is 0 Å². The number of anilines is 1. The molecule has 2 aliphatic rings. The molecule has 2 saturated heterocycles. The molecule has 1 N–H and O–H groups in total. The number of nitrogens with one attached hydrogen (secondary N) is 1. The molecular weight excluding hydrogens is 210 g/mol. The number of hydrogen-bond donors (Lipinski definition) is 1. The first-order valence-corrected chi connectivity index (χ1v) is 6.45. The van der Waals surface area contributed by atoms with Gasteiger partial charge >= 0.3 is 0 Å². The highest BCUT2D eigenvalue weighted by Gasteiger charge is 2.47. The van der Waals surface area contributed by atoms with Crippen molar-refractivity contribution in [3.8, 4) is 0 Å². The zero-order valence-electron chi connectivity index (χ0n) is 11.0. The highest BCUT2D eigenvalue weighted by Crippen LogP contribution is 2.34. The quantitative estimate of drug-likeness (QED) is 0.800. The summed E-state index contributed by atoms with van der Waals surface area (Å²) >= 11 is 0. The van der Waals surface area contributed by atoms with Crippen LogP contribution in [0.25, 0.3) is 0 Å². The largest absolute Gasteiger partial charge is 0.366 e. The zero-order valence-corrected chi connectivity index (χ0v) is 11.0. The maximum atomic E-state index is 4.58. The molecule has 3 heterocycles. The minimum Gasteiger partial charge on any atom is -0.366 e. The molecule has 0 bridgehead atoms. The third-order valence-corrected chi connectivity index (χ3v) is 3.97. The molecule has 0 aliphatic carbocycles. The van der Waals surface area contributed by atoms with Crippen LogP contribution in [0.2, 0.25) is 0 Å². The third-order valence-electron chi connectivity index (χ3n) is 3.97. The van der Waals surface area contributed by atoms with Gasteiger partial charge in [0, 0.05) is 24.2 Å². The molecule has 3 heteroatoms. The number of aromatic nitrogens is 1. The van der Waals surface area contributed by atoms with E-state index in [-0.39, 0.29) is 5.41 Å². The van der Waals surface area contributed by atoms with E-state index in [0.717, 1.165) is 13.1 Å². The molecule has 1 spiro atoms. The Balaban J connectivity index is 1.69. The Labute approximate surface area is 103 Å². The summed E-state index contributed by atoms with van der Waals surface area (Å²) in [5, 5.41) is 3.53. The van der Waals surface area contributed by atoms with Gasteiger partial charge in [-0.2, -0.15) is 0 Å². The summed E-state index contributed by atoms with van der Waals surface area (Å²) < 4.78 is 0. The predicted molar refractivity (Wildman–Crippen MR) is 70.5 cm³/mol. The molecule has 92 valence electrons. The van der Waals surface area contributed by atoms with E-state index in [0.29, 0.717) is 5.54 Å². The Kier molecular flexibility index (Phi) is 2.24. The topological polar surface area (TPSA) is 28.2 Å². The summed E-state index contributed by atoms with van der Waals surface area (Å²) in [6, 6.07) is 4.37. The van der Waals surface area contributed by atoms with E-state index in [1.54, 1.807) is 0 Å². The molecule has 0 amide bonds. The first-order valence-electron chi connectivity index (χ1n) is 6.45. The van der Waals surface area contributed by atoms with Crippen molar-refractivity contribution in [2.45, 2.75) is 38.1 Å². The van der Waals surface area contributed by atoms with Gasteiger partial charge in [-0.1, -0.05) is 20.8 Å².